The van der Waals surface area contributed by atoms with Gasteiger partial charge in [-0.1, -0.05) is 0 Å². The molecule has 1 unspecified atom stereocenters. The number of halogens is 1. The van der Waals surface area contributed by atoms with Crippen molar-refractivity contribution in [3.63, 3.8) is 0 Å². The fourth-order valence-electron chi connectivity index (χ4n) is 1.59. The molecule has 1 saturated heterocycles. The molecular formula is C9H13BrN4. The summed E-state index contributed by atoms with van der Waals surface area (Å²) in [6, 6.07) is 0.463. The van der Waals surface area contributed by atoms with E-state index in [1.807, 2.05) is 0 Å². The lowest BCUT2D eigenvalue weighted by Gasteiger charge is -2.33. The largest absolute Gasteiger partial charge is 0.336 e. The first-order valence-corrected chi connectivity index (χ1v) is 5.51. The molecule has 0 radical (unpaired) electrons. The standard InChI is InChI=1S/C9H13BrN4/c1-7-4-11-2-3-14(7)9-12-5-8(10)6-13-9/h5-7,11H,2-4H2,1H3. The van der Waals surface area contributed by atoms with Gasteiger partial charge in [-0.3, -0.25) is 0 Å². The van der Waals surface area contributed by atoms with Crippen LogP contribution in [0, 0.1) is 0 Å². The Labute approximate surface area is 91.9 Å². The van der Waals surface area contributed by atoms with E-state index >= 15 is 0 Å². The van der Waals surface area contributed by atoms with Crippen molar-refractivity contribution < 1.29 is 0 Å². The van der Waals surface area contributed by atoms with E-state index in [4.69, 9.17) is 0 Å². The fourth-order valence-corrected chi connectivity index (χ4v) is 1.80. The van der Waals surface area contributed by atoms with E-state index in [-0.39, 0.29) is 0 Å². The molecule has 2 rings (SSSR count). The predicted octanol–water partition coefficient (Wildman–Crippen LogP) is 1.04. The average Bonchev–Trinajstić information content (AvgIpc) is 2.20. The maximum atomic E-state index is 4.29. The maximum absolute atomic E-state index is 4.29. The third-order valence-electron chi connectivity index (χ3n) is 2.36. The number of piperazine rings is 1. The fraction of sp³-hybridized carbons (Fsp3) is 0.556. The van der Waals surface area contributed by atoms with Crippen molar-refractivity contribution in [2.45, 2.75) is 13.0 Å². The van der Waals surface area contributed by atoms with Crippen LogP contribution in [-0.2, 0) is 0 Å². The summed E-state index contributed by atoms with van der Waals surface area (Å²) in [5.74, 6) is 0.821. The number of nitrogens with zero attached hydrogens (tertiary/aromatic N) is 3. The van der Waals surface area contributed by atoms with E-state index in [1.165, 1.54) is 0 Å². The first kappa shape index (κ1) is 9.86. The number of anilines is 1. The van der Waals surface area contributed by atoms with Gasteiger partial charge in [0.15, 0.2) is 0 Å². The molecule has 1 aromatic rings. The van der Waals surface area contributed by atoms with E-state index in [0.29, 0.717) is 6.04 Å². The van der Waals surface area contributed by atoms with Gasteiger partial charge in [0.2, 0.25) is 5.95 Å². The van der Waals surface area contributed by atoms with E-state index in [1.54, 1.807) is 12.4 Å². The van der Waals surface area contributed by atoms with E-state index < -0.39 is 0 Å². The summed E-state index contributed by atoms with van der Waals surface area (Å²) in [5, 5.41) is 3.34. The number of rotatable bonds is 1. The Balaban J connectivity index is 2.16. The van der Waals surface area contributed by atoms with Gasteiger partial charge in [0.25, 0.3) is 0 Å². The Morgan fingerprint density at radius 2 is 2.21 bits per heavy atom. The summed E-state index contributed by atoms with van der Waals surface area (Å²) in [6.07, 6.45) is 3.58. The van der Waals surface area contributed by atoms with Gasteiger partial charge in [-0.15, -0.1) is 0 Å². The molecular weight excluding hydrogens is 244 g/mol. The van der Waals surface area contributed by atoms with Crippen LogP contribution in [0.4, 0.5) is 5.95 Å². The minimum Gasteiger partial charge on any atom is -0.336 e. The molecule has 1 N–H and O–H groups in total. The SMILES string of the molecule is CC1CNCCN1c1ncc(Br)cn1. The second-order valence-electron chi connectivity index (χ2n) is 3.45. The molecule has 0 saturated carbocycles. The van der Waals surface area contributed by atoms with Crippen LogP contribution >= 0.6 is 15.9 Å². The van der Waals surface area contributed by atoms with E-state index in [9.17, 15) is 0 Å². The van der Waals surface area contributed by atoms with Gasteiger partial charge in [-0.2, -0.15) is 0 Å². The zero-order valence-electron chi connectivity index (χ0n) is 8.07. The Morgan fingerprint density at radius 1 is 1.50 bits per heavy atom. The van der Waals surface area contributed by atoms with Crippen molar-refractivity contribution in [2.75, 3.05) is 24.5 Å². The predicted molar refractivity (Wildman–Crippen MR) is 59.4 cm³/mol. The molecule has 1 aliphatic rings. The van der Waals surface area contributed by atoms with Crippen molar-refractivity contribution in [1.29, 1.82) is 0 Å². The van der Waals surface area contributed by atoms with Crippen LogP contribution in [0.3, 0.4) is 0 Å². The molecule has 0 aliphatic carbocycles. The Hall–Kier alpha value is -0.680. The molecule has 0 spiro atoms. The highest BCUT2D eigenvalue weighted by atomic mass is 79.9. The molecule has 1 fully saturated rings. The van der Waals surface area contributed by atoms with Crippen LogP contribution in [0.5, 0.6) is 0 Å². The minimum absolute atomic E-state index is 0.463. The van der Waals surface area contributed by atoms with E-state index in [0.717, 1.165) is 30.1 Å². The summed E-state index contributed by atoms with van der Waals surface area (Å²) < 4.78 is 0.920. The molecule has 76 valence electrons. The summed E-state index contributed by atoms with van der Waals surface area (Å²) in [6.45, 7) is 5.16. The molecule has 5 heteroatoms. The van der Waals surface area contributed by atoms with Crippen LogP contribution in [0.25, 0.3) is 0 Å². The first-order valence-electron chi connectivity index (χ1n) is 4.72. The molecule has 0 bridgehead atoms. The number of nitrogens with one attached hydrogen (secondary N) is 1. The highest BCUT2D eigenvalue weighted by Crippen LogP contribution is 2.14. The topological polar surface area (TPSA) is 41.0 Å². The molecule has 4 nitrogen and oxygen atoms in total. The highest BCUT2D eigenvalue weighted by molar-refractivity contribution is 9.10. The highest BCUT2D eigenvalue weighted by Gasteiger charge is 2.19. The lowest BCUT2D eigenvalue weighted by molar-refractivity contribution is 0.493. The Kier molecular flexibility index (Phi) is 2.98. The van der Waals surface area contributed by atoms with E-state index in [2.05, 4.69) is 43.0 Å². The van der Waals surface area contributed by atoms with Gasteiger partial charge < -0.3 is 10.2 Å². The second kappa shape index (κ2) is 4.23. The zero-order chi connectivity index (χ0) is 9.97. The molecule has 2 heterocycles. The molecule has 1 atom stereocenters. The normalized spacial score (nSPS) is 22.4. The van der Waals surface area contributed by atoms with Crippen LogP contribution in [-0.4, -0.2) is 35.6 Å². The Bertz CT molecular complexity index is 300. The van der Waals surface area contributed by atoms with Crippen molar-refractivity contribution in [3.8, 4) is 0 Å². The quantitative estimate of drug-likeness (QED) is 0.816. The van der Waals surface area contributed by atoms with Gasteiger partial charge in [0.05, 0.1) is 4.47 Å². The summed E-state index contributed by atoms with van der Waals surface area (Å²) in [7, 11) is 0. The van der Waals surface area contributed by atoms with Crippen molar-refractivity contribution in [1.82, 2.24) is 15.3 Å². The van der Waals surface area contributed by atoms with Gasteiger partial charge in [0, 0.05) is 38.1 Å². The third-order valence-corrected chi connectivity index (χ3v) is 2.77. The lowest BCUT2D eigenvalue weighted by Crippen LogP contribution is -2.50. The molecule has 1 aliphatic heterocycles. The number of hydrogen-bond donors (Lipinski definition) is 1. The second-order valence-corrected chi connectivity index (χ2v) is 4.36. The van der Waals surface area contributed by atoms with Gasteiger partial charge in [0.1, 0.15) is 0 Å². The molecule has 0 amide bonds. The first-order chi connectivity index (χ1) is 6.77. The Morgan fingerprint density at radius 3 is 2.86 bits per heavy atom. The van der Waals surface area contributed by atoms with Crippen molar-refractivity contribution in [3.05, 3.63) is 16.9 Å². The van der Waals surface area contributed by atoms with Crippen LogP contribution in [0.1, 0.15) is 6.92 Å². The summed E-state index contributed by atoms with van der Waals surface area (Å²) in [4.78, 5) is 10.8. The number of hydrogen-bond acceptors (Lipinski definition) is 4. The van der Waals surface area contributed by atoms with Crippen molar-refractivity contribution >= 4 is 21.9 Å². The van der Waals surface area contributed by atoms with Crippen molar-refractivity contribution in [2.24, 2.45) is 0 Å². The smallest absolute Gasteiger partial charge is 0.225 e. The monoisotopic (exact) mass is 256 g/mol. The van der Waals surface area contributed by atoms with Crippen LogP contribution < -0.4 is 10.2 Å². The summed E-state index contributed by atoms with van der Waals surface area (Å²) in [5.41, 5.74) is 0. The summed E-state index contributed by atoms with van der Waals surface area (Å²) >= 11 is 3.33. The molecule has 1 aromatic heterocycles. The van der Waals surface area contributed by atoms with Crippen LogP contribution in [0.2, 0.25) is 0 Å². The zero-order valence-corrected chi connectivity index (χ0v) is 9.66. The van der Waals surface area contributed by atoms with Gasteiger partial charge >= 0.3 is 0 Å². The molecule has 14 heavy (non-hydrogen) atoms. The van der Waals surface area contributed by atoms with Gasteiger partial charge in [-0.25, -0.2) is 9.97 Å². The number of aromatic nitrogens is 2. The third kappa shape index (κ3) is 2.04. The molecule has 0 aromatic carbocycles. The van der Waals surface area contributed by atoms with Gasteiger partial charge in [-0.05, 0) is 22.9 Å². The lowest BCUT2D eigenvalue weighted by atomic mass is 10.2. The average molecular weight is 257 g/mol. The minimum atomic E-state index is 0.463. The van der Waals surface area contributed by atoms with Crippen LogP contribution in [0.15, 0.2) is 16.9 Å². The maximum Gasteiger partial charge on any atom is 0.225 e.